The van der Waals surface area contributed by atoms with Crippen LogP contribution in [-0.2, 0) is 9.63 Å². The monoisotopic (exact) mass is 260 g/mol. The first-order valence-electron chi connectivity index (χ1n) is 5.56. The lowest BCUT2D eigenvalue weighted by atomic mass is 10.1. The van der Waals surface area contributed by atoms with Crippen LogP contribution >= 0.6 is 0 Å². The van der Waals surface area contributed by atoms with Crippen LogP contribution in [0.2, 0.25) is 0 Å². The third-order valence-electron chi connectivity index (χ3n) is 2.51. The van der Waals surface area contributed by atoms with Gasteiger partial charge in [-0.15, -0.1) is 0 Å². The van der Waals surface area contributed by atoms with Crippen molar-refractivity contribution in [3.8, 4) is 5.95 Å². The number of aryl methyl sites for hydroxylation is 1. The Hall–Kier alpha value is -2.63. The second kappa shape index (κ2) is 5.34. The van der Waals surface area contributed by atoms with Crippen LogP contribution in [0.1, 0.15) is 18.2 Å². The van der Waals surface area contributed by atoms with Gasteiger partial charge in [-0.2, -0.15) is 0 Å². The average molecular weight is 260 g/mol. The number of aromatic nitrogens is 1. The van der Waals surface area contributed by atoms with Crippen molar-refractivity contribution in [3.63, 3.8) is 0 Å². The molecule has 98 valence electrons. The van der Waals surface area contributed by atoms with E-state index in [0.29, 0.717) is 22.5 Å². The van der Waals surface area contributed by atoms with Gasteiger partial charge in [0.05, 0.1) is 22.5 Å². The van der Waals surface area contributed by atoms with Gasteiger partial charge in [0.2, 0.25) is 0 Å². The number of carbonyl (C=O) groups is 1. The van der Waals surface area contributed by atoms with Crippen LogP contribution in [0.15, 0.2) is 39.6 Å². The van der Waals surface area contributed by atoms with Crippen LogP contribution < -0.4 is 0 Å². The van der Waals surface area contributed by atoms with Crippen molar-refractivity contribution in [2.24, 2.45) is 5.16 Å². The summed E-state index contributed by atoms with van der Waals surface area (Å²) in [5, 5.41) is 16.5. The molecule has 1 aliphatic heterocycles. The molecular formula is C13H12N2O4. The Bertz CT molecular complexity index is 601. The Morgan fingerprint density at radius 2 is 2.00 bits per heavy atom. The highest BCUT2D eigenvalue weighted by atomic mass is 16.7. The predicted molar refractivity (Wildman–Crippen MR) is 68.4 cm³/mol. The minimum Gasteiger partial charge on any atom is -0.479 e. The molecule has 0 spiro atoms. The molecule has 0 saturated carbocycles. The van der Waals surface area contributed by atoms with Gasteiger partial charge in [0.25, 0.3) is 0 Å². The van der Waals surface area contributed by atoms with Crippen molar-refractivity contribution in [2.75, 3.05) is 0 Å². The van der Waals surface area contributed by atoms with Gasteiger partial charge < -0.3 is 14.5 Å². The topological polar surface area (TPSA) is 84.9 Å². The Morgan fingerprint density at radius 3 is 2.58 bits per heavy atom. The van der Waals surface area contributed by atoms with Gasteiger partial charge in [-0.1, -0.05) is 28.5 Å². The zero-order valence-corrected chi connectivity index (χ0v) is 10.5. The maximum absolute atomic E-state index is 11.2. The average Bonchev–Trinajstić information content (AvgIpc) is 2.86. The van der Waals surface area contributed by atoms with Crippen LogP contribution in [0.3, 0.4) is 0 Å². The summed E-state index contributed by atoms with van der Waals surface area (Å²) in [6.45, 7) is 3.42. The molecule has 0 bridgehead atoms. The molecule has 19 heavy (non-hydrogen) atoms. The second-order valence-corrected chi connectivity index (χ2v) is 3.87. The summed E-state index contributed by atoms with van der Waals surface area (Å²) < 4.78 is 4.60. The van der Waals surface area contributed by atoms with E-state index in [1.54, 1.807) is 44.2 Å². The summed E-state index contributed by atoms with van der Waals surface area (Å²) in [5.74, 6) is -0.679. The molecule has 1 N–H and O–H groups in total. The number of rotatable bonds is 3. The fourth-order valence-corrected chi connectivity index (χ4v) is 1.47. The molecule has 6 heteroatoms. The van der Waals surface area contributed by atoms with E-state index in [2.05, 4.69) is 19.7 Å². The first-order chi connectivity index (χ1) is 9.09. The molecule has 0 amide bonds. The molecule has 2 heterocycles. The molecule has 1 aliphatic rings. The van der Waals surface area contributed by atoms with E-state index in [0.717, 1.165) is 0 Å². The van der Waals surface area contributed by atoms with E-state index < -0.39 is 5.97 Å². The van der Waals surface area contributed by atoms with E-state index in [-0.39, 0.29) is 5.95 Å². The highest BCUT2D eigenvalue weighted by molar-refractivity contribution is 6.21. The summed E-state index contributed by atoms with van der Waals surface area (Å²) in [6.07, 6.45) is 8.35. The number of allylic oxidation sites excluding steroid dienone is 4. The molecule has 0 atom stereocenters. The van der Waals surface area contributed by atoms with Gasteiger partial charge >= 0.3 is 11.9 Å². The number of carbonyl (C=O) groups excluding carboxylic acids is 1. The molecule has 0 aromatic carbocycles. The maximum Gasteiger partial charge on any atom is 0.367 e. The van der Waals surface area contributed by atoms with Gasteiger partial charge in [0, 0.05) is 0 Å². The van der Waals surface area contributed by atoms with Crippen LogP contribution in [0.5, 0.6) is 5.95 Å². The summed E-state index contributed by atoms with van der Waals surface area (Å²) in [4.78, 5) is 15.7. The van der Waals surface area contributed by atoms with E-state index in [9.17, 15) is 9.90 Å². The normalized spacial score (nSPS) is 17.7. The molecule has 0 fully saturated rings. The van der Waals surface area contributed by atoms with Crippen LogP contribution in [-0.4, -0.2) is 21.9 Å². The van der Waals surface area contributed by atoms with Crippen molar-refractivity contribution < 1.29 is 19.3 Å². The van der Waals surface area contributed by atoms with Crippen LogP contribution in [0.4, 0.5) is 0 Å². The largest absolute Gasteiger partial charge is 0.479 e. The highest BCUT2D eigenvalue weighted by Gasteiger charge is 2.20. The van der Waals surface area contributed by atoms with Gasteiger partial charge in [0.15, 0.2) is 0 Å². The Kier molecular flexibility index (Phi) is 3.61. The van der Waals surface area contributed by atoms with Crippen molar-refractivity contribution in [2.45, 2.75) is 13.8 Å². The number of nitrogens with zero attached hydrogens (tertiary/aromatic N) is 2. The standard InChI is InChI=1S/C13H12N2O4/c1-8-10(12(16)18-14-8)6-4-3-5-7-11-9(2)15-19-13(11)17/h3-7,16H,1-2H3/b5-3?,6-4?,11-7-. The van der Waals surface area contributed by atoms with E-state index in [1.807, 2.05) is 0 Å². The molecule has 1 aromatic rings. The third-order valence-corrected chi connectivity index (χ3v) is 2.51. The Morgan fingerprint density at radius 1 is 1.21 bits per heavy atom. The molecule has 0 radical (unpaired) electrons. The van der Waals surface area contributed by atoms with Crippen LogP contribution in [0.25, 0.3) is 6.08 Å². The van der Waals surface area contributed by atoms with Crippen molar-refractivity contribution in [1.82, 2.24) is 5.16 Å². The van der Waals surface area contributed by atoms with Crippen molar-refractivity contribution in [1.29, 1.82) is 0 Å². The fourth-order valence-electron chi connectivity index (χ4n) is 1.47. The molecule has 2 rings (SSSR count). The van der Waals surface area contributed by atoms with E-state index >= 15 is 0 Å². The van der Waals surface area contributed by atoms with Gasteiger partial charge in [0.1, 0.15) is 0 Å². The van der Waals surface area contributed by atoms with Crippen LogP contribution in [0, 0.1) is 6.92 Å². The number of hydrogen-bond acceptors (Lipinski definition) is 6. The lowest BCUT2D eigenvalue weighted by Crippen LogP contribution is -2.01. The summed E-state index contributed by atoms with van der Waals surface area (Å²) in [5.41, 5.74) is 2.10. The van der Waals surface area contributed by atoms with Gasteiger partial charge in [-0.3, -0.25) is 0 Å². The predicted octanol–water partition coefficient (Wildman–Crippen LogP) is 2.12. The first-order valence-corrected chi connectivity index (χ1v) is 5.56. The quantitative estimate of drug-likeness (QED) is 0.511. The fraction of sp³-hybridized carbons (Fsp3) is 0.154. The van der Waals surface area contributed by atoms with Gasteiger partial charge in [-0.25, -0.2) is 4.79 Å². The molecule has 6 nitrogen and oxygen atoms in total. The zero-order valence-electron chi connectivity index (χ0n) is 10.5. The number of oxime groups is 1. The highest BCUT2D eigenvalue weighted by Crippen LogP contribution is 2.21. The Labute approximate surface area is 109 Å². The van der Waals surface area contributed by atoms with E-state index in [1.165, 1.54) is 0 Å². The summed E-state index contributed by atoms with van der Waals surface area (Å²) in [7, 11) is 0. The smallest absolute Gasteiger partial charge is 0.367 e. The lowest BCUT2D eigenvalue weighted by molar-refractivity contribution is -0.136. The van der Waals surface area contributed by atoms with Gasteiger partial charge in [-0.05, 0) is 26.0 Å². The molecule has 0 saturated heterocycles. The number of hydrogen-bond donors (Lipinski definition) is 1. The molecule has 0 aliphatic carbocycles. The zero-order chi connectivity index (χ0) is 13.8. The summed E-state index contributed by atoms with van der Waals surface area (Å²) in [6, 6.07) is 0. The summed E-state index contributed by atoms with van der Waals surface area (Å²) >= 11 is 0. The molecular weight excluding hydrogens is 248 g/mol. The number of aromatic hydroxyl groups is 1. The minimum atomic E-state index is -0.460. The van der Waals surface area contributed by atoms with Crippen molar-refractivity contribution >= 4 is 17.8 Å². The Balaban J connectivity index is 2.03. The van der Waals surface area contributed by atoms with E-state index in [4.69, 9.17) is 0 Å². The third kappa shape index (κ3) is 2.79. The maximum atomic E-state index is 11.2. The molecule has 0 unspecified atom stereocenters. The lowest BCUT2D eigenvalue weighted by Gasteiger charge is -1.88. The molecule has 1 aromatic heterocycles. The first kappa shape index (κ1) is 12.8. The SMILES string of the molecule is CC1=NOC(=O)/C1=C\C=CC=Cc1c(C)noc1O. The second-order valence-electron chi connectivity index (χ2n) is 3.87. The minimum absolute atomic E-state index is 0.220. The van der Waals surface area contributed by atoms with Crippen molar-refractivity contribution in [3.05, 3.63) is 41.1 Å².